The van der Waals surface area contributed by atoms with Gasteiger partial charge in [-0.05, 0) is 23.8 Å². The summed E-state index contributed by atoms with van der Waals surface area (Å²) in [6.45, 7) is 2.23. The molecule has 2 N–H and O–H groups in total. The Balaban J connectivity index is 1.66. The monoisotopic (exact) mass is 368 g/mol. The van der Waals surface area contributed by atoms with E-state index in [4.69, 9.17) is 16.3 Å². The maximum absolute atomic E-state index is 12.5. The molecule has 0 spiro atoms. The standard InChI is InChI=1S/C16H18ClN3O3S/c17-14-3-1-2-13(10-14)11-18-16-5-4-15(12-19-16)24(21,22)20-6-8-23-9-7-20/h1-5,10,12H,6-9,11H2,(H,18,19)/p+1. The van der Waals surface area contributed by atoms with Crippen LogP contribution in [0.3, 0.4) is 0 Å². The zero-order valence-corrected chi connectivity index (χ0v) is 14.6. The van der Waals surface area contributed by atoms with Crippen LogP contribution in [0.15, 0.2) is 47.5 Å². The summed E-state index contributed by atoms with van der Waals surface area (Å²) in [5, 5.41) is 3.89. The number of aromatic amines is 1. The van der Waals surface area contributed by atoms with Gasteiger partial charge in [0.2, 0.25) is 10.0 Å². The third-order valence-electron chi connectivity index (χ3n) is 3.76. The van der Waals surface area contributed by atoms with Crippen molar-refractivity contribution in [3.63, 3.8) is 0 Å². The number of nitrogens with zero attached hydrogens (tertiary/aromatic N) is 1. The second-order valence-corrected chi connectivity index (χ2v) is 7.81. The summed E-state index contributed by atoms with van der Waals surface area (Å²) < 4.78 is 31.7. The van der Waals surface area contributed by atoms with Gasteiger partial charge in [0.1, 0.15) is 17.6 Å². The van der Waals surface area contributed by atoms with Crippen molar-refractivity contribution in [3.8, 4) is 0 Å². The highest BCUT2D eigenvalue weighted by Crippen LogP contribution is 2.16. The van der Waals surface area contributed by atoms with Gasteiger partial charge in [-0.3, -0.25) is 5.32 Å². The van der Waals surface area contributed by atoms with Crippen LogP contribution in [0.5, 0.6) is 0 Å². The number of nitrogens with one attached hydrogen (secondary N) is 2. The maximum Gasteiger partial charge on any atom is 0.272 e. The van der Waals surface area contributed by atoms with Crippen LogP contribution < -0.4 is 10.3 Å². The van der Waals surface area contributed by atoms with Gasteiger partial charge in [0.05, 0.1) is 13.2 Å². The second kappa shape index (κ2) is 7.48. The molecular weight excluding hydrogens is 350 g/mol. The molecule has 0 amide bonds. The summed E-state index contributed by atoms with van der Waals surface area (Å²) in [4.78, 5) is 3.23. The van der Waals surface area contributed by atoms with E-state index in [0.717, 1.165) is 11.4 Å². The number of morpholine rings is 1. The number of hydrogen-bond acceptors (Lipinski definition) is 4. The number of ether oxygens (including phenoxy) is 1. The van der Waals surface area contributed by atoms with Crippen molar-refractivity contribution in [1.82, 2.24) is 4.31 Å². The normalized spacial score (nSPS) is 16.0. The summed E-state index contributed by atoms with van der Waals surface area (Å²) in [5.74, 6) is 0.732. The molecule has 0 radical (unpaired) electrons. The maximum atomic E-state index is 12.5. The number of sulfonamides is 1. The zero-order chi connectivity index (χ0) is 17.0. The summed E-state index contributed by atoms with van der Waals surface area (Å²) >= 11 is 5.96. The molecule has 2 aromatic rings. The molecule has 24 heavy (non-hydrogen) atoms. The third-order valence-corrected chi connectivity index (χ3v) is 5.89. The first-order valence-electron chi connectivity index (χ1n) is 7.64. The van der Waals surface area contributed by atoms with Crippen molar-refractivity contribution < 1.29 is 18.1 Å². The van der Waals surface area contributed by atoms with Crippen LogP contribution in [0.1, 0.15) is 5.56 Å². The van der Waals surface area contributed by atoms with E-state index in [1.165, 1.54) is 10.5 Å². The molecule has 0 unspecified atom stereocenters. The first kappa shape index (κ1) is 17.2. The minimum absolute atomic E-state index is 0.248. The zero-order valence-electron chi connectivity index (χ0n) is 13.0. The number of hydrogen-bond donors (Lipinski definition) is 1. The van der Waals surface area contributed by atoms with Crippen molar-refractivity contribution >= 4 is 27.4 Å². The topological polar surface area (TPSA) is 72.8 Å². The summed E-state index contributed by atoms with van der Waals surface area (Å²) in [6.07, 6.45) is 1.51. The van der Waals surface area contributed by atoms with Crippen LogP contribution in [0.4, 0.5) is 5.82 Å². The molecule has 1 fully saturated rings. The number of rotatable bonds is 5. The molecule has 0 aliphatic carbocycles. The van der Waals surface area contributed by atoms with Crippen molar-refractivity contribution in [2.45, 2.75) is 11.4 Å². The van der Waals surface area contributed by atoms with Crippen LogP contribution in [0.2, 0.25) is 5.02 Å². The molecule has 0 saturated carbocycles. The lowest BCUT2D eigenvalue weighted by atomic mass is 10.2. The Kier molecular flexibility index (Phi) is 5.35. The van der Waals surface area contributed by atoms with E-state index in [0.29, 0.717) is 37.9 Å². The smallest absolute Gasteiger partial charge is 0.272 e. The van der Waals surface area contributed by atoms with E-state index in [2.05, 4.69) is 10.3 Å². The predicted octanol–water partition coefficient (Wildman–Crippen LogP) is 1.79. The molecule has 8 heteroatoms. The number of benzene rings is 1. The van der Waals surface area contributed by atoms with Gasteiger partial charge in [-0.2, -0.15) is 4.31 Å². The minimum Gasteiger partial charge on any atom is -0.379 e. The third kappa shape index (κ3) is 4.05. The van der Waals surface area contributed by atoms with Gasteiger partial charge >= 0.3 is 0 Å². The summed E-state index contributed by atoms with van der Waals surface area (Å²) in [7, 11) is -3.47. The molecule has 1 saturated heterocycles. The Labute approximate surface area is 146 Å². The first-order valence-corrected chi connectivity index (χ1v) is 9.45. The quantitative estimate of drug-likeness (QED) is 0.873. The van der Waals surface area contributed by atoms with Gasteiger partial charge in [-0.15, -0.1) is 0 Å². The van der Waals surface area contributed by atoms with Crippen LogP contribution in [-0.2, 0) is 21.3 Å². The lowest BCUT2D eigenvalue weighted by Gasteiger charge is -2.25. The number of H-pyrrole nitrogens is 1. The minimum atomic E-state index is -3.47. The number of halogens is 1. The molecule has 128 valence electrons. The fraction of sp³-hybridized carbons (Fsp3) is 0.312. The van der Waals surface area contributed by atoms with E-state index in [-0.39, 0.29) is 4.90 Å². The predicted molar refractivity (Wildman–Crippen MR) is 91.4 cm³/mol. The Hall–Kier alpha value is -1.67. The highest BCUT2D eigenvalue weighted by molar-refractivity contribution is 7.89. The van der Waals surface area contributed by atoms with E-state index in [1.54, 1.807) is 12.1 Å². The van der Waals surface area contributed by atoms with Gasteiger partial charge in [0.25, 0.3) is 5.82 Å². The molecular formula is C16H19ClN3O3S+. The van der Waals surface area contributed by atoms with Crippen LogP contribution >= 0.6 is 11.6 Å². The summed E-state index contributed by atoms with van der Waals surface area (Å²) in [6, 6.07) is 10.9. The molecule has 3 rings (SSSR count). The number of pyridine rings is 1. The highest BCUT2D eigenvalue weighted by atomic mass is 35.5. The van der Waals surface area contributed by atoms with E-state index >= 15 is 0 Å². The lowest BCUT2D eigenvalue weighted by Crippen LogP contribution is -2.40. The van der Waals surface area contributed by atoms with Gasteiger partial charge in [-0.25, -0.2) is 13.4 Å². The Bertz CT molecular complexity index is 790. The SMILES string of the molecule is O=S(=O)(c1ccc(NCc2cccc(Cl)c2)[nH+]c1)N1CCOCC1. The average Bonchev–Trinajstić information content (AvgIpc) is 2.61. The van der Waals surface area contributed by atoms with Crippen molar-refractivity contribution in [2.75, 3.05) is 31.6 Å². The van der Waals surface area contributed by atoms with Crippen molar-refractivity contribution in [1.29, 1.82) is 0 Å². The molecule has 1 aliphatic heterocycles. The van der Waals surface area contributed by atoms with E-state index < -0.39 is 10.0 Å². The largest absolute Gasteiger partial charge is 0.379 e. The van der Waals surface area contributed by atoms with E-state index in [9.17, 15) is 8.42 Å². The Morgan fingerprint density at radius 2 is 2.00 bits per heavy atom. The molecule has 0 atom stereocenters. The van der Waals surface area contributed by atoms with Gasteiger partial charge < -0.3 is 4.74 Å². The van der Waals surface area contributed by atoms with E-state index in [1.807, 2.05) is 24.3 Å². The molecule has 6 nitrogen and oxygen atoms in total. The average molecular weight is 369 g/mol. The lowest BCUT2D eigenvalue weighted by molar-refractivity contribution is -0.364. The fourth-order valence-corrected chi connectivity index (χ4v) is 4.05. The van der Waals surface area contributed by atoms with Gasteiger partial charge in [0, 0.05) is 24.2 Å². The number of anilines is 1. The first-order chi connectivity index (χ1) is 11.6. The van der Waals surface area contributed by atoms with Gasteiger partial charge in [-0.1, -0.05) is 23.7 Å². The highest BCUT2D eigenvalue weighted by Gasteiger charge is 2.27. The van der Waals surface area contributed by atoms with Gasteiger partial charge in [0.15, 0.2) is 0 Å². The molecule has 1 aromatic heterocycles. The second-order valence-electron chi connectivity index (χ2n) is 5.44. The summed E-state index contributed by atoms with van der Waals surface area (Å²) in [5.41, 5.74) is 1.04. The van der Waals surface area contributed by atoms with Crippen LogP contribution in [-0.4, -0.2) is 39.0 Å². The Morgan fingerprint density at radius 1 is 1.21 bits per heavy atom. The Morgan fingerprint density at radius 3 is 2.67 bits per heavy atom. The fourth-order valence-electron chi connectivity index (χ4n) is 2.46. The van der Waals surface area contributed by atoms with Crippen LogP contribution in [0, 0.1) is 0 Å². The number of aromatic nitrogens is 1. The van der Waals surface area contributed by atoms with Crippen LogP contribution in [0.25, 0.3) is 0 Å². The molecule has 1 aromatic carbocycles. The molecule has 0 bridgehead atoms. The molecule has 1 aliphatic rings. The molecule has 2 heterocycles. The van der Waals surface area contributed by atoms with Crippen molar-refractivity contribution in [2.24, 2.45) is 0 Å². The van der Waals surface area contributed by atoms with Crippen molar-refractivity contribution in [3.05, 3.63) is 53.2 Å².